The molecule has 0 aliphatic carbocycles. The summed E-state index contributed by atoms with van der Waals surface area (Å²) in [5.41, 5.74) is 9.01. The Balaban J connectivity index is 1.51. The number of hydrogen-bond donors (Lipinski definition) is 2. The molecular formula is C31H33Cl2FN4O3. The van der Waals surface area contributed by atoms with Gasteiger partial charge >= 0.3 is 0 Å². The lowest BCUT2D eigenvalue weighted by Crippen LogP contribution is -2.52. The number of nitriles is 1. The van der Waals surface area contributed by atoms with Gasteiger partial charge in [-0.1, -0.05) is 35.9 Å². The van der Waals surface area contributed by atoms with E-state index < -0.39 is 5.83 Å². The molecule has 4 rings (SSSR count). The molecule has 2 heterocycles. The molecule has 0 aromatic heterocycles. The van der Waals surface area contributed by atoms with E-state index in [0.717, 1.165) is 44.7 Å². The highest BCUT2D eigenvalue weighted by Crippen LogP contribution is 2.32. The van der Waals surface area contributed by atoms with Crippen molar-refractivity contribution in [3.63, 3.8) is 0 Å². The third kappa shape index (κ3) is 7.11. The Morgan fingerprint density at radius 3 is 2.56 bits per heavy atom. The van der Waals surface area contributed by atoms with Gasteiger partial charge in [-0.3, -0.25) is 10.3 Å². The van der Waals surface area contributed by atoms with E-state index in [1.165, 1.54) is 13.0 Å². The number of anilines is 1. The first-order chi connectivity index (χ1) is 19.6. The molecule has 2 aromatic carbocycles. The summed E-state index contributed by atoms with van der Waals surface area (Å²) >= 11 is 12.3. The number of nitrogen functional groups attached to an aromatic ring is 1. The second kappa shape index (κ2) is 13.5. The second-order valence-corrected chi connectivity index (χ2v) is 10.9. The number of allylic oxidation sites excluding steroid dienone is 3. The largest absolute Gasteiger partial charge is 0.489 e. The quantitative estimate of drug-likeness (QED) is 0.181. The molecule has 2 aromatic rings. The molecule has 2 aliphatic heterocycles. The van der Waals surface area contributed by atoms with Crippen LogP contribution in [0.1, 0.15) is 42.0 Å². The van der Waals surface area contributed by atoms with Crippen molar-refractivity contribution in [3.05, 3.63) is 86.7 Å². The summed E-state index contributed by atoms with van der Waals surface area (Å²) in [6, 6.07) is 11.1. The van der Waals surface area contributed by atoms with Gasteiger partial charge in [-0.15, -0.1) is 0 Å². The summed E-state index contributed by atoms with van der Waals surface area (Å²) in [6.45, 7) is 10.0. The maximum Gasteiger partial charge on any atom is 0.140 e. The average molecular weight is 600 g/mol. The van der Waals surface area contributed by atoms with Gasteiger partial charge in [0.1, 0.15) is 36.1 Å². The fourth-order valence-electron chi connectivity index (χ4n) is 4.84. The highest BCUT2D eigenvalue weighted by atomic mass is 35.5. The maximum absolute atomic E-state index is 13.8. The number of nitrogens with one attached hydrogen (secondary N) is 1. The minimum absolute atomic E-state index is 0.0193. The molecule has 3 N–H and O–H groups in total. The SMILES string of the molecule is C=C/C(Cl)=C(COc1ccc(N)c(C(=N)c2cc(C)c(OC3CCN(C4COC4)CC3)c(C#N)c2)c1)\C(Cl)=C(/C)F. The third-order valence-corrected chi connectivity index (χ3v) is 8.16. The van der Waals surface area contributed by atoms with Crippen molar-refractivity contribution in [2.45, 2.75) is 38.8 Å². The molecule has 10 heteroatoms. The van der Waals surface area contributed by atoms with Gasteiger partial charge in [0.2, 0.25) is 0 Å². The van der Waals surface area contributed by atoms with E-state index in [2.05, 4.69) is 17.5 Å². The molecule has 0 bridgehead atoms. The van der Waals surface area contributed by atoms with Crippen LogP contribution >= 0.6 is 23.2 Å². The highest BCUT2D eigenvalue weighted by Gasteiger charge is 2.31. The lowest BCUT2D eigenvalue weighted by molar-refractivity contribution is -0.0778. The van der Waals surface area contributed by atoms with Crippen molar-refractivity contribution in [2.24, 2.45) is 0 Å². The number of benzene rings is 2. The van der Waals surface area contributed by atoms with E-state index >= 15 is 0 Å². The number of likely N-dealkylation sites (tertiary alicyclic amines) is 1. The Hall–Kier alpha value is -3.35. The van der Waals surface area contributed by atoms with Gasteiger partial charge < -0.3 is 19.9 Å². The van der Waals surface area contributed by atoms with Crippen molar-refractivity contribution in [1.82, 2.24) is 4.90 Å². The first-order valence-corrected chi connectivity index (χ1v) is 14.1. The van der Waals surface area contributed by atoms with Crippen LogP contribution in [0.4, 0.5) is 10.1 Å². The van der Waals surface area contributed by atoms with Crippen LogP contribution in [-0.2, 0) is 4.74 Å². The zero-order chi connectivity index (χ0) is 29.7. The van der Waals surface area contributed by atoms with Crippen LogP contribution < -0.4 is 15.2 Å². The van der Waals surface area contributed by atoms with Gasteiger partial charge in [-0.05, 0) is 62.6 Å². The zero-order valence-electron chi connectivity index (χ0n) is 23.1. The first kappa shape index (κ1) is 30.6. The van der Waals surface area contributed by atoms with Crippen LogP contribution in [0.5, 0.6) is 11.5 Å². The van der Waals surface area contributed by atoms with Crippen molar-refractivity contribution in [3.8, 4) is 17.6 Å². The van der Waals surface area contributed by atoms with E-state index in [-0.39, 0.29) is 34.1 Å². The van der Waals surface area contributed by atoms with Gasteiger partial charge in [0.15, 0.2) is 0 Å². The Morgan fingerprint density at radius 1 is 1.27 bits per heavy atom. The Bertz CT molecular complexity index is 1430. The predicted octanol–water partition coefficient (Wildman–Crippen LogP) is 6.60. The minimum atomic E-state index is -0.602. The Kier molecular flexibility index (Phi) is 10.1. The Labute approximate surface area is 250 Å². The standard InChI is InChI=1S/C31H33Cl2FN4O3/c1-4-27(32)26(29(33)19(3)34)17-40-24-5-6-28(36)25(13-24)30(37)20-11-18(2)31(21(12-20)14-35)41-23-7-9-38(10-8-23)22-15-39-16-22/h4-6,11-13,22-23,37H,1,7-10,15-17,36H2,2-3H3/b27-26+,29-19-,37-30?. The lowest BCUT2D eigenvalue weighted by atomic mass is 9.96. The number of ether oxygens (including phenoxy) is 3. The lowest BCUT2D eigenvalue weighted by Gasteiger charge is -2.41. The van der Waals surface area contributed by atoms with Crippen molar-refractivity contribution in [1.29, 1.82) is 10.7 Å². The van der Waals surface area contributed by atoms with Gasteiger partial charge in [-0.2, -0.15) is 5.26 Å². The molecule has 0 radical (unpaired) electrons. The molecule has 0 atom stereocenters. The van der Waals surface area contributed by atoms with E-state index in [1.54, 1.807) is 24.3 Å². The van der Waals surface area contributed by atoms with E-state index in [0.29, 0.717) is 39.9 Å². The summed E-state index contributed by atoms with van der Waals surface area (Å²) in [5, 5.41) is 18.9. The molecule has 41 heavy (non-hydrogen) atoms. The molecule has 2 fully saturated rings. The molecule has 2 aliphatic rings. The number of rotatable bonds is 10. The van der Waals surface area contributed by atoms with Crippen molar-refractivity contribution >= 4 is 34.6 Å². The molecule has 2 saturated heterocycles. The highest BCUT2D eigenvalue weighted by molar-refractivity contribution is 6.36. The maximum atomic E-state index is 13.8. The van der Waals surface area contributed by atoms with Gasteiger partial charge in [0.05, 0.1) is 35.6 Å². The smallest absolute Gasteiger partial charge is 0.140 e. The van der Waals surface area contributed by atoms with Crippen LogP contribution in [0.2, 0.25) is 0 Å². The first-order valence-electron chi connectivity index (χ1n) is 13.3. The van der Waals surface area contributed by atoms with Gasteiger partial charge in [-0.25, -0.2) is 4.39 Å². The van der Waals surface area contributed by atoms with E-state index in [4.69, 9.17) is 48.6 Å². The predicted molar refractivity (Wildman–Crippen MR) is 161 cm³/mol. The van der Waals surface area contributed by atoms with E-state index in [9.17, 15) is 9.65 Å². The molecule has 0 amide bonds. The van der Waals surface area contributed by atoms with Crippen LogP contribution in [-0.4, -0.2) is 55.7 Å². The van der Waals surface area contributed by atoms with Crippen LogP contribution in [0.25, 0.3) is 0 Å². The molecule has 0 spiro atoms. The summed E-state index contributed by atoms with van der Waals surface area (Å²) in [6.07, 6.45) is 3.13. The normalized spacial score (nSPS) is 17.6. The Morgan fingerprint density at radius 2 is 1.98 bits per heavy atom. The second-order valence-electron chi connectivity index (χ2n) is 10.1. The van der Waals surface area contributed by atoms with Crippen LogP contribution in [0.15, 0.2) is 64.5 Å². The third-order valence-electron chi connectivity index (χ3n) is 7.29. The topological polar surface area (TPSA) is 105 Å². The van der Waals surface area contributed by atoms with Crippen molar-refractivity contribution < 1.29 is 18.6 Å². The number of piperidine rings is 1. The monoisotopic (exact) mass is 598 g/mol. The number of nitrogens with zero attached hydrogens (tertiary/aromatic N) is 2. The molecule has 0 unspecified atom stereocenters. The fraction of sp³-hybridized carbons (Fsp3) is 0.355. The zero-order valence-corrected chi connectivity index (χ0v) is 24.6. The summed E-state index contributed by atoms with van der Waals surface area (Å²) in [7, 11) is 0. The molecule has 216 valence electrons. The van der Waals surface area contributed by atoms with E-state index in [1.807, 2.05) is 13.0 Å². The molecule has 7 nitrogen and oxygen atoms in total. The summed E-state index contributed by atoms with van der Waals surface area (Å²) < 4.78 is 31.3. The number of nitrogens with two attached hydrogens (primary N) is 1. The summed E-state index contributed by atoms with van der Waals surface area (Å²) in [5.74, 6) is 0.323. The van der Waals surface area contributed by atoms with Crippen LogP contribution in [0.3, 0.4) is 0 Å². The number of hydrogen-bond acceptors (Lipinski definition) is 7. The molecule has 0 saturated carbocycles. The fourth-order valence-corrected chi connectivity index (χ4v) is 5.19. The van der Waals surface area contributed by atoms with Crippen molar-refractivity contribution in [2.75, 3.05) is 38.6 Å². The van der Waals surface area contributed by atoms with Gasteiger partial charge in [0.25, 0.3) is 0 Å². The van der Waals surface area contributed by atoms with Gasteiger partial charge in [0, 0.05) is 40.5 Å². The minimum Gasteiger partial charge on any atom is -0.489 e. The van der Waals surface area contributed by atoms with Crippen LogP contribution in [0, 0.1) is 23.7 Å². The summed E-state index contributed by atoms with van der Waals surface area (Å²) in [4.78, 5) is 2.44. The molecular weight excluding hydrogens is 566 g/mol. The number of halogens is 3. The average Bonchev–Trinajstić information content (AvgIpc) is 2.94. The number of aryl methyl sites for hydroxylation is 1.